The molecule has 3 heteroatoms. The van der Waals surface area contributed by atoms with Crippen LogP contribution in [0.25, 0.3) is 0 Å². The van der Waals surface area contributed by atoms with E-state index in [0.29, 0.717) is 18.6 Å². The Balaban J connectivity index is 2.48. The van der Waals surface area contributed by atoms with Crippen LogP contribution in [0, 0.1) is 0 Å². The first-order chi connectivity index (χ1) is 6.15. The van der Waals surface area contributed by atoms with Crippen molar-refractivity contribution in [3.8, 4) is 0 Å². The molecule has 1 N–H and O–H groups in total. The molecule has 76 valence electrons. The zero-order valence-electron chi connectivity index (χ0n) is 8.84. The van der Waals surface area contributed by atoms with Gasteiger partial charge in [-0.15, -0.1) is 0 Å². The molecule has 1 amide bonds. The second-order valence-corrected chi connectivity index (χ2v) is 3.97. The van der Waals surface area contributed by atoms with E-state index in [2.05, 4.69) is 24.1 Å². The molecule has 1 rings (SSSR count). The van der Waals surface area contributed by atoms with Gasteiger partial charge in [0.05, 0.1) is 6.54 Å². The number of carbonyl (C=O) groups excluding carboxylic acids is 1. The monoisotopic (exact) mass is 184 g/mol. The smallest absolute Gasteiger partial charge is 0.233 e. The number of hydrogen-bond acceptors (Lipinski definition) is 2. The molecule has 0 aromatic rings. The van der Waals surface area contributed by atoms with Gasteiger partial charge in [-0.25, -0.2) is 0 Å². The van der Waals surface area contributed by atoms with Crippen LogP contribution >= 0.6 is 0 Å². The fourth-order valence-electron chi connectivity index (χ4n) is 2.03. The average molecular weight is 184 g/mol. The molecular weight excluding hydrogens is 164 g/mol. The van der Waals surface area contributed by atoms with Crippen molar-refractivity contribution in [2.24, 2.45) is 0 Å². The minimum atomic E-state index is 0.126. The van der Waals surface area contributed by atoms with Crippen molar-refractivity contribution in [1.82, 2.24) is 10.2 Å². The Kier molecular flexibility index (Phi) is 3.72. The predicted octanol–water partition coefficient (Wildman–Crippen LogP) is 0.995. The lowest BCUT2D eigenvalue weighted by atomic mass is 9.97. The topological polar surface area (TPSA) is 32.3 Å². The van der Waals surface area contributed by atoms with Gasteiger partial charge in [-0.1, -0.05) is 6.42 Å². The summed E-state index contributed by atoms with van der Waals surface area (Å²) in [5, 5.41) is 2.67. The van der Waals surface area contributed by atoms with E-state index in [9.17, 15) is 4.79 Å². The molecule has 3 nitrogen and oxygen atoms in total. The second-order valence-electron chi connectivity index (χ2n) is 3.97. The molecule has 1 fully saturated rings. The number of likely N-dealkylation sites (tertiary alicyclic amines) is 1. The van der Waals surface area contributed by atoms with Crippen LogP contribution in [0.1, 0.15) is 33.1 Å². The van der Waals surface area contributed by atoms with E-state index >= 15 is 0 Å². The normalized spacial score (nSPS) is 30.1. The number of nitrogens with one attached hydrogen (secondary N) is 1. The molecule has 13 heavy (non-hydrogen) atoms. The minimum Gasteiger partial charge on any atom is -0.358 e. The Morgan fingerprint density at radius 2 is 1.92 bits per heavy atom. The van der Waals surface area contributed by atoms with Crippen molar-refractivity contribution >= 4 is 5.91 Å². The fraction of sp³-hybridized carbons (Fsp3) is 0.900. The van der Waals surface area contributed by atoms with Gasteiger partial charge >= 0.3 is 0 Å². The van der Waals surface area contributed by atoms with Gasteiger partial charge in [0.2, 0.25) is 5.91 Å². The van der Waals surface area contributed by atoms with E-state index < -0.39 is 0 Å². The third-order valence-corrected chi connectivity index (χ3v) is 2.98. The molecule has 0 saturated carbocycles. The third-order valence-electron chi connectivity index (χ3n) is 2.98. The van der Waals surface area contributed by atoms with E-state index in [4.69, 9.17) is 0 Å². The first kappa shape index (κ1) is 10.5. The summed E-state index contributed by atoms with van der Waals surface area (Å²) in [5.41, 5.74) is 0. The molecule has 0 aromatic heterocycles. The molecule has 0 spiro atoms. The van der Waals surface area contributed by atoms with E-state index in [0.717, 1.165) is 0 Å². The van der Waals surface area contributed by atoms with Crippen LogP contribution in [0.3, 0.4) is 0 Å². The van der Waals surface area contributed by atoms with Crippen LogP contribution in [0.15, 0.2) is 0 Å². The highest BCUT2D eigenvalue weighted by molar-refractivity contribution is 5.77. The first-order valence-corrected chi connectivity index (χ1v) is 5.11. The summed E-state index contributed by atoms with van der Waals surface area (Å²) in [6.07, 6.45) is 3.75. The highest BCUT2D eigenvalue weighted by Gasteiger charge is 2.25. The zero-order chi connectivity index (χ0) is 9.84. The Morgan fingerprint density at radius 3 is 2.38 bits per heavy atom. The van der Waals surface area contributed by atoms with Crippen LogP contribution in [0.5, 0.6) is 0 Å². The predicted molar refractivity (Wildman–Crippen MR) is 53.5 cm³/mol. The van der Waals surface area contributed by atoms with Crippen LogP contribution in [0.2, 0.25) is 0 Å². The molecule has 0 unspecified atom stereocenters. The van der Waals surface area contributed by atoms with Crippen molar-refractivity contribution in [3.63, 3.8) is 0 Å². The number of piperidine rings is 1. The Hall–Kier alpha value is -0.570. The fourth-order valence-corrected chi connectivity index (χ4v) is 2.03. The first-order valence-electron chi connectivity index (χ1n) is 5.11. The molecule has 1 aliphatic rings. The van der Waals surface area contributed by atoms with E-state index in [1.807, 2.05) is 0 Å². The highest BCUT2D eigenvalue weighted by atomic mass is 16.1. The number of rotatable bonds is 2. The summed E-state index contributed by atoms with van der Waals surface area (Å²) in [4.78, 5) is 13.5. The van der Waals surface area contributed by atoms with E-state index in [1.54, 1.807) is 7.05 Å². The Bertz CT molecular complexity index is 172. The van der Waals surface area contributed by atoms with E-state index in [-0.39, 0.29) is 5.91 Å². The largest absolute Gasteiger partial charge is 0.358 e. The zero-order valence-corrected chi connectivity index (χ0v) is 8.84. The van der Waals surface area contributed by atoms with Gasteiger partial charge in [-0.2, -0.15) is 0 Å². The summed E-state index contributed by atoms with van der Waals surface area (Å²) >= 11 is 0. The van der Waals surface area contributed by atoms with Crippen molar-refractivity contribution in [2.45, 2.75) is 45.2 Å². The maximum absolute atomic E-state index is 11.2. The maximum Gasteiger partial charge on any atom is 0.233 e. The molecular formula is C10H20N2O. The van der Waals surface area contributed by atoms with Crippen molar-refractivity contribution in [1.29, 1.82) is 0 Å². The van der Waals surface area contributed by atoms with Gasteiger partial charge in [0.25, 0.3) is 0 Å². The lowest BCUT2D eigenvalue weighted by Crippen LogP contribution is -2.48. The van der Waals surface area contributed by atoms with E-state index in [1.165, 1.54) is 19.3 Å². The Morgan fingerprint density at radius 1 is 1.38 bits per heavy atom. The number of nitrogens with zero attached hydrogens (tertiary/aromatic N) is 1. The van der Waals surface area contributed by atoms with Gasteiger partial charge < -0.3 is 5.32 Å². The van der Waals surface area contributed by atoms with Gasteiger partial charge in [0.15, 0.2) is 0 Å². The lowest BCUT2D eigenvalue weighted by molar-refractivity contribution is -0.123. The number of likely N-dealkylation sites (N-methyl/N-ethyl adjacent to an activating group) is 1. The Labute approximate surface area is 80.5 Å². The summed E-state index contributed by atoms with van der Waals surface area (Å²) in [7, 11) is 1.70. The van der Waals surface area contributed by atoms with Gasteiger partial charge in [-0.3, -0.25) is 9.69 Å². The van der Waals surface area contributed by atoms with Gasteiger partial charge in [0.1, 0.15) is 0 Å². The SMILES string of the molecule is CNC(=O)CN1[C@H](C)CCC[C@H]1C. The molecule has 1 heterocycles. The quantitative estimate of drug-likeness (QED) is 0.694. The van der Waals surface area contributed by atoms with Gasteiger partial charge in [-0.05, 0) is 26.7 Å². The van der Waals surface area contributed by atoms with Crippen LogP contribution in [-0.2, 0) is 4.79 Å². The number of hydrogen-bond donors (Lipinski definition) is 1. The molecule has 0 bridgehead atoms. The lowest BCUT2D eigenvalue weighted by Gasteiger charge is -2.38. The highest BCUT2D eigenvalue weighted by Crippen LogP contribution is 2.21. The summed E-state index contributed by atoms with van der Waals surface area (Å²) in [6, 6.07) is 1.11. The van der Waals surface area contributed by atoms with Crippen LogP contribution in [-0.4, -0.2) is 36.5 Å². The maximum atomic E-state index is 11.2. The second kappa shape index (κ2) is 4.61. The molecule has 0 aromatic carbocycles. The standard InChI is InChI=1S/C10H20N2O/c1-8-5-4-6-9(2)12(8)7-10(13)11-3/h8-9H,4-7H2,1-3H3,(H,11,13)/t8-,9-/m1/s1. The average Bonchev–Trinajstić information content (AvgIpc) is 2.11. The molecule has 2 atom stereocenters. The molecule has 1 aliphatic heterocycles. The van der Waals surface area contributed by atoms with Crippen molar-refractivity contribution in [3.05, 3.63) is 0 Å². The minimum absolute atomic E-state index is 0.126. The van der Waals surface area contributed by atoms with Crippen molar-refractivity contribution in [2.75, 3.05) is 13.6 Å². The molecule has 0 radical (unpaired) electrons. The van der Waals surface area contributed by atoms with Gasteiger partial charge in [0, 0.05) is 19.1 Å². The number of amides is 1. The molecule has 1 saturated heterocycles. The third kappa shape index (κ3) is 2.69. The number of carbonyl (C=O) groups is 1. The van der Waals surface area contributed by atoms with Crippen LogP contribution in [0.4, 0.5) is 0 Å². The summed E-state index contributed by atoms with van der Waals surface area (Å²) in [6.45, 7) is 4.97. The van der Waals surface area contributed by atoms with Crippen molar-refractivity contribution < 1.29 is 4.79 Å². The summed E-state index contributed by atoms with van der Waals surface area (Å²) in [5.74, 6) is 0.126. The molecule has 0 aliphatic carbocycles. The van der Waals surface area contributed by atoms with Crippen LogP contribution < -0.4 is 5.32 Å². The summed E-state index contributed by atoms with van der Waals surface area (Å²) < 4.78 is 0.